The molecule has 2 rings (SSSR count). The Morgan fingerprint density at radius 3 is 2.54 bits per heavy atom. The number of carbonyl (C=O) groups excluding carboxylic acids is 2. The molecule has 0 aliphatic rings. The van der Waals surface area contributed by atoms with Gasteiger partial charge in [0.25, 0.3) is 11.6 Å². The van der Waals surface area contributed by atoms with E-state index in [1.54, 1.807) is 24.3 Å². The number of hydrogen-bond acceptors (Lipinski definition) is 5. The number of amides is 1. The van der Waals surface area contributed by atoms with Crippen molar-refractivity contribution in [1.29, 1.82) is 0 Å². The summed E-state index contributed by atoms with van der Waals surface area (Å²) in [4.78, 5) is 34.1. The SMILES string of the molecule is CCC(C(=O)OCC(=O)Nc1cc([N+](=O)[O-])ccc1F)c1ccccc1. The van der Waals surface area contributed by atoms with Crippen molar-refractivity contribution >= 4 is 23.3 Å². The first kappa shape index (κ1) is 19.0. The van der Waals surface area contributed by atoms with Crippen molar-refractivity contribution in [2.24, 2.45) is 0 Å². The number of nitro benzene ring substituents is 1. The van der Waals surface area contributed by atoms with Crippen molar-refractivity contribution in [2.75, 3.05) is 11.9 Å². The maximum Gasteiger partial charge on any atom is 0.313 e. The Labute approximate surface area is 148 Å². The third-order valence-electron chi connectivity index (χ3n) is 3.68. The highest BCUT2D eigenvalue weighted by Gasteiger charge is 2.21. The van der Waals surface area contributed by atoms with Gasteiger partial charge in [-0.1, -0.05) is 37.3 Å². The maximum atomic E-state index is 13.7. The number of halogens is 1. The third kappa shape index (κ3) is 4.85. The normalized spacial score (nSPS) is 11.5. The quantitative estimate of drug-likeness (QED) is 0.463. The summed E-state index contributed by atoms with van der Waals surface area (Å²) in [6.07, 6.45) is 0.490. The number of nitrogens with zero attached hydrogens (tertiary/aromatic N) is 1. The average Bonchev–Trinajstić information content (AvgIpc) is 2.63. The van der Waals surface area contributed by atoms with Crippen LogP contribution in [0.5, 0.6) is 0 Å². The first-order chi connectivity index (χ1) is 12.4. The smallest absolute Gasteiger partial charge is 0.313 e. The van der Waals surface area contributed by atoms with Crippen molar-refractivity contribution in [3.05, 3.63) is 70.0 Å². The van der Waals surface area contributed by atoms with Gasteiger partial charge in [0.15, 0.2) is 6.61 Å². The van der Waals surface area contributed by atoms with Crippen LogP contribution in [0.15, 0.2) is 48.5 Å². The van der Waals surface area contributed by atoms with Crippen LogP contribution in [0.25, 0.3) is 0 Å². The molecule has 0 bridgehead atoms. The van der Waals surface area contributed by atoms with E-state index in [1.165, 1.54) is 0 Å². The molecule has 8 heteroatoms. The van der Waals surface area contributed by atoms with E-state index in [4.69, 9.17) is 4.74 Å². The number of non-ortho nitro benzene ring substituents is 1. The minimum atomic E-state index is -0.828. The molecule has 26 heavy (non-hydrogen) atoms. The number of carbonyl (C=O) groups is 2. The van der Waals surface area contributed by atoms with Crippen LogP contribution < -0.4 is 5.32 Å². The van der Waals surface area contributed by atoms with E-state index < -0.39 is 35.1 Å². The van der Waals surface area contributed by atoms with Crippen LogP contribution in [0.2, 0.25) is 0 Å². The van der Waals surface area contributed by atoms with Crippen molar-refractivity contribution < 1.29 is 23.6 Å². The number of nitro groups is 1. The second kappa shape index (κ2) is 8.70. The zero-order valence-electron chi connectivity index (χ0n) is 14.0. The second-order valence-electron chi connectivity index (χ2n) is 5.45. The lowest BCUT2D eigenvalue weighted by Crippen LogP contribution is -2.24. The predicted octanol–water partition coefficient (Wildman–Crippen LogP) is 3.41. The van der Waals surface area contributed by atoms with Gasteiger partial charge in [0.1, 0.15) is 5.82 Å². The Kier molecular flexibility index (Phi) is 6.37. The number of benzene rings is 2. The molecule has 0 spiro atoms. The molecule has 1 atom stereocenters. The van der Waals surface area contributed by atoms with E-state index in [-0.39, 0.29) is 11.4 Å². The fraction of sp³-hybridized carbons (Fsp3) is 0.222. The molecule has 0 radical (unpaired) electrons. The van der Waals surface area contributed by atoms with Crippen molar-refractivity contribution in [3.8, 4) is 0 Å². The highest BCUT2D eigenvalue weighted by Crippen LogP contribution is 2.22. The minimum Gasteiger partial charge on any atom is -0.455 e. The molecule has 1 N–H and O–H groups in total. The molecule has 0 saturated heterocycles. The van der Waals surface area contributed by atoms with Crippen LogP contribution in [0, 0.1) is 15.9 Å². The lowest BCUT2D eigenvalue weighted by molar-refractivity contribution is -0.384. The predicted molar refractivity (Wildman–Crippen MR) is 92.1 cm³/mol. The first-order valence-electron chi connectivity index (χ1n) is 7.87. The van der Waals surface area contributed by atoms with Crippen LogP contribution in [0.1, 0.15) is 24.8 Å². The topological polar surface area (TPSA) is 98.5 Å². The molecule has 136 valence electrons. The molecule has 0 aliphatic heterocycles. The van der Waals surface area contributed by atoms with E-state index in [9.17, 15) is 24.1 Å². The molecule has 1 unspecified atom stereocenters. The summed E-state index contributed by atoms with van der Waals surface area (Å²) in [5, 5.41) is 12.9. The fourth-order valence-electron chi connectivity index (χ4n) is 2.37. The van der Waals surface area contributed by atoms with Crippen molar-refractivity contribution in [3.63, 3.8) is 0 Å². The maximum absolute atomic E-state index is 13.7. The number of esters is 1. The van der Waals surface area contributed by atoms with Crippen LogP contribution in [0.3, 0.4) is 0 Å². The number of ether oxygens (including phenoxy) is 1. The second-order valence-corrected chi connectivity index (χ2v) is 5.45. The van der Waals surface area contributed by atoms with Crippen LogP contribution >= 0.6 is 0 Å². The Morgan fingerprint density at radius 1 is 1.23 bits per heavy atom. The summed E-state index contributed by atoms with van der Waals surface area (Å²) in [5.41, 5.74) is 0.0503. The minimum absolute atomic E-state index is 0.352. The summed E-state index contributed by atoms with van der Waals surface area (Å²) in [6, 6.07) is 11.7. The zero-order valence-corrected chi connectivity index (χ0v) is 14.0. The zero-order chi connectivity index (χ0) is 19.1. The summed E-state index contributed by atoms with van der Waals surface area (Å²) in [5.74, 6) is -2.71. The molecule has 0 saturated carbocycles. The Balaban J connectivity index is 1.97. The number of nitrogens with one attached hydrogen (secondary N) is 1. The van der Waals surface area contributed by atoms with Crippen LogP contribution in [-0.2, 0) is 14.3 Å². The number of rotatable bonds is 7. The molecule has 2 aromatic rings. The lowest BCUT2D eigenvalue weighted by Gasteiger charge is -2.14. The van der Waals surface area contributed by atoms with Crippen LogP contribution in [-0.4, -0.2) is 23.4 Å². The van der Waals surface area contributed by atoms with E-state index in [2.05, 4.69) is 5.32 Å². The van der Waals surface area contributed by atoms with Gasteiger partial charge in [0.2, 0.25) is 0 Å². The molecule has 7 nitrogen and oxygen atoms in total. The molecule has 0 heterocycles. The van der Waals surface area contributed by atoms with E-state index in [0.29, 0.717) is 6.42 Å². The number of hydrogen-bond donors (Lipinski definition) is 1. The van der Waals surface area contributed by atoms with E-state index in [1.807, 2.05) is 13.0 Å². The molecular formula is C18H17FN2O5. The van der Waals surface area contributed by atoms with E-state index in [0.717, 1.165) is 23.8 Å². The monoisotopic (exact) mass is 360 g/mol. The Hall–Kier alpha value is -3.29. The fourth-order valence-corrected chi connectivity index (χ4v) is 2.37. The summed E-state index contributed by atoms with van der Waals surface area (Å²) >= 11 is 0. The van der Waals surface area contributed by atoms with Crippen molar-refractivity contribution in [1.82, 2.24) is 0 Å². The molecule has 1 amide bonds. The highest BCUT2D eigenvalue weighted by atomic mass is 19.1. The van der Waals surface area contributed by atoms with Crippen molar-refractivity contribution in [2.45, 2.75) is 19.3 Å². The van der Waals surface area contributed by atoms with Gasteiger partial charge in [-0.05, 0) is 18.1 Å². The molecule has 0 aliphatic carbocycles. The Morgan fingerprint density at radius 2 is 1.92 bits per heavy atom. The van der Waals surface area contributed by atoms with Gasteiger partial charge in [0, 0.05) is 12.1 Å². The standard InChI is InChI=1S/C18H17FN2O5/c1-2-14(12-6-4-3-5-7-12)18(23)26-11-17(22)20-16-10-13(21(24)25)8-9-15(16)19/h3-10,14H,2,11H2,1H3,(H,20,22). The van der Waals surface area contributed by atoms with Gasteiger partial charge in [-0.15, -0.1) is 0 Å². The average molecular weight is 360 g/mol. The molecular weight excluding hydrogens is 343 g/mol. The lowest BCUT2D eigenvalue weighted by atomic mass is 9.97. The largest absolute Gasteiger partial charge is 0.455 e. The summed E-state index contributed by atoms with van der Waals surface area (Å²) in [7, 11) is 0. The highest BCUT2D eigenvalue weighted by molar-refractivity contribution is 5.93. The third-order valence-corrected chi connectivity index (χ3v) is 3.68. The van der Waals surface area contributed by atoms with E-state index >= 15 is 0 Å². The van der Waals surface area contributed by atoms with Gasteiger partial charge < -0.3 is 10.1 Å². The molecule has 0 fully saturated rings. The van der Waals surface area contributed by atoms with Gasteiger partial charge >= 0.3 is 5.97 Å². The van der Waals surface area contributed by atoms with Gasteiger partial charge in [-0.3, -0.25) is 19.7 Å². The van der Waals surface area contributed by atoms with Gasteiger partial charge in [-0.25, -0.2) is 4.39 Å². The molecule has 0 aromatic heterocycles. The summed E-state index contributed by atoms with van der Waals surface area (Å²) < 4.78 is 18.6. The van der Waals surface area contributed by atoms with Gasteiger partial charge in [0.05, 0.1) is 16.5 Å². The summed E-state index contributed by atoms with van der Waals surface area (Å²) in [6.45, 7) is 1.20. The molecule has 2 aromatic carbocycles. The first-order valence-corrected chi connectivity index (χ1v) is 7.87. The van der Waals surface area contributed by atoms with Crippen LogP contribution in [0.4, 0.5) is 15.8 Å². The Bertz CT molecular complexity index is 810. The van der Waals surface area contributed by atoms with Gasteiger partial charge in [-0.2, -0.15) is 0 Å². The number of anilines is 1.